The molecule has 0 atom stereocenters. The first-order valence-corrected chi connectivity index (χ1v) is 12.0. The Morgan fingerprint density at radius 3 is 2.73 bits per heavy atom. The minimum absolute atomic E-state index is 0. The molecular weight excluding hydrogens is 460 g/mol. The summed E-state index contributed by atoms with van der Waals surface area (Å²) in [7, 11) is 5.20. The maximum absolute atomic E-state index is 11.7. The average molecular weight is 493 g/mol. The molecule has 0 bridgehead atoms. The molecule has 3 aromatic rings. The van der Waals surface area contributed by atoms with Crippen LogP contribution in [0.3, 0.4) is 0 Å². The highest BCUT2D eigenvalue weighted by atomic mass is 35.5. The molecule has 180 valence electrons. The van der Waals surface area contributed by atoms with E-state index in [1.807, 2.05) is 18.4 Å². The highest BCUT2D eigenvalue weighted by Gasteiger charge is 2.18. The number of aromatic nitrogens is 2. The molecule has 1 saturated heterocycles. The second-order valence-electron chi connectivity index (χ2n) is 8.31. The van der Waals surface area contributed by atoms with E-state index in [1.165, 1.54) is 20.7 Å². The predicted molar refractivity (Wildman–Crippen MR) is 138 cm³/mol. The summed E-state index contributed by atoms with van der Waals surface area (Å²) in [6.07, 6.45) is 2.08. The standard InChI is InChI=1S/C23H32N6O2S.ClH/c1-26(2)23(30)24-21-17-22(27(3)25-21)31-15-5-4-10-28-11-13-29(14-12-28)19-7-6-8-20-18(19)9-16-32-20;/h6-9,16-17H,4-5,10-15H2,1-3H3,(H,24,25,30);1H. The van der Waals surface area contributed by atoms with Crippen LogP contribution in [0.2, 0.25) is 0 Å². The maximum atomic E-state index is 11.7. The van der Waals surface area contributed by atoms with Gasteiger partial charge in [0, 0.05) is 69.2 Å². The van der Waals surface area contributed by atoms with Gasteiger partial charge >= 0.3 is 6.03 Å². The average Bonchev–Trinajstić information content (AvgIpc) is 3.40. The number of urea groups is 1. The van der Waals surface area contributed by atoms with Gasteiger partial charge in [-0.1, -0.05) is 6.07 Å². The van der Waals surface area contributed by atoms with E-state index in [2.05, 4.69) is 49.9 Å². The van der Waals surface area contributed by atoms with E-state index in [9.17, 15) is 4.79 Å². The maximum Gasteiger partial charge on any atom is 0.322 e. The molecule has 0 aliphatic carbocycles. The zero-order valence-electron chi connectivity index (χ0n) is 19.5. The lowest BCUT2D eigenvalue weighted by Gasteiger charge is -2.36. The summed E-state index contributed by atoms with van der Waals surface area (Å²) in [5.74, 6) is 1.16. The minimum Gasteiger partial charge on any atom is -0.478 e. The van der Waals surface area contributed by atoms with Crippen LogP contribution in [0.1, 0.15) is 12.8 Å². The fraction of sp³-hybridized carbons (Fsp3) is 0.478. The lowest BCUT2D eigenvalue weighted by Crippen LogP contribution is -2.46. The number of hydrogen-bond acceptors (Lipinski definition) is 6. The molecule has 0 saturated carbocycles. The number of halogens is 1. The zero-order chi connectivity index (χ0) is 22.5. The summed E-state index contributed by atoms with van der Waals surface area (Å²) < 4.78 is 8.88. The van der Waals surface area contributed by atoms with Crippen molar-refractivity contribution in [2.45, 2.75) is 12.8 Å². The normalized spacial score (nSPS) is 14.2. The van der Waals surface area contributed by atoms with Crippen LogP contribution in [0.4, 0.5) is 16.3 Å². The number of anilines is 2. The molecule has 3 heterocycles. The van der Waals surface area contributed by atoms with Crippen LogP contribution < -0.4 is 15.0 Å². The van der Waals surface area contributed by atoms with Gasteiger partial charge < -0.3 is 14.5 Å². The van der Waals surface area contributed by atoms with Gasteiger partial charge in [0.1, 0.15) is 0 Å². The number of unbranched alkanes of at least 4 members (excludes halogenated alkanes) is 1. The van der Waals surface area contributed by atoms with E-state index >= 15 is 0 Å². The number of aryl methyl sites for hydroxylation is 1. The Kier molecular flexibility index (Phi) is 8.82. The van der Waals surface area contributed by atoms with Gasteiger partial charge in [0.25, 0.3) is 0 Å². The number of nitrogens with one attached hydrogen (secondary N) is 1. The van der Waals surface area contributed by atoms with Crippen LogP contribution in [0.25, 0.3) is 10.1 Å². The molecule has 0 unspecified atom stereocenters. The number of piperazine rings is 1. The number of carbonyl (C=O) groups excluding carboxylic acids is 1. The number of benzene rings is 1. The molecular formula is C23H33ClN6O2S. The Morgan fingerprint density at radius 2 is 1.97 bits per heavy atom. The lowest BCUT2D eigenvalue weighted by molar-refractivity contribution is 0.230. The van der Waals surface area contributed by atoms with Crippen molar-refractivity contribution >= 4 is 51.4 Å². The number of ether oxygens (including phenoxy) is 1. The summed E-state index contributed by atoms with van der Waals surface area (Å²) in [5.41, 5.74) is 1.37. The van der Waals surface area contributed by atoms with Crippen LogP contribution in [0.15, 0.2) is 35.7 Å². The number of hydrogen-bond donors (Lipinski definition) is 1. The summed E-state index contributed by atoms with van der Waals surface area (Å²) in [6, 6.07) is 10.4. The van der Waals surface area contributed by atoms with Crippen molar-refractivity contribution in [1.82, 2.24) is 19.6 Å². The Balaban J connectivity index is 0.00000306. The molecule has 1 fully saturated rings. The molecule has 8 nitrogen and oxygen atoms in total. The fourth-order valence-corrected chi connectivity index (χ4v) is 4.76. The first-order valence-electron chi connectivity index (χ1n) is 11.1. The quantitative estimate of drug-likeness (QED) is 0.479. The van der Waals surface area contributed by atoms with Crippen molar-refractivity contribution in [3.05, 3.63) is 35.7 Å². The fourth-order valence-electron chi connectivity index (χ4n) is 3.95. The van der Waals surface area contributed by atoms with Crippen molar-refractivity contribution in [3.8, 4) is 5.88 Å². The first-order chi connectivity index (χ1) is 15.5. The Morgan fingerprint density at radius 1 is 1.18 bits per heavy atom. The summed E-state index contributed by atoms with van der Waals surface area (Å²) in [4.78, 5) is 18.3. The SMILES string of the molecule is CN(C)C(=O)Nc1cc(OCCCCN2CCN(c3cccc4sccc34)CC2)n(C)n1.Cl. The molecule has 10 heteroatoms. The smallest absolute Gasteiger partial charge is 0.322 e. The summed E-state index contributed by atoms with van der Waals surface area (Å²) >= 11 is 1.81. The third-order valence-corrected chi connectivity index (χ3v) is 6.66. The Labute approximate surface area is 205 Å². The van der Waals surface area contributed by atoms with Gasteiger partial charge in [0.05, 0.1) is 6.61 Å². The largest absolute Gasteiger partial charge is 0.478 e. The van der Waals surface area contributed by atoms with Crippen LogP contribution in [0, 0.1) is 0 Å². The van der Waals surface area contributed by atoms with Gasteiger partial charge in [0.15, 0.2) is 5.82 Å². The number of rotatable bonds is 8. The van der Waals surface area contributed by atoms with Crippen molar-refractivity contribution in [1.29, 1.82) is 0 Å². The van der Waals surface area contributed by atoms with E-state index in [0.29, 0.717) is 18.3 Å². The molecule has 4 rings (SSSR count). The van der Waals surface area contributed by atoms with Crippen LogP contribution >= 0.6 is 23.7 Å². The number of carbonyl (C=O) groups is 1. The van der Waals surface area contributed by atoms with Crippen molar-refractivity contribution in [2.75, 3.05) is 63.6 Å². The van der Waals surface area contributed by atoms with Gasteiger partial charge in [-0.15, -0.1) is 23.7 Å². The molecule has 2 aromatic heterocycles. The van der Waals surface area contributed by atoms with E-state index in [1.54, 1.807) is 24.8 Å². The molecule has 0 radical (unpaired) electrons. The van der Waals surface area contributed by atoms with Crippen molar-refractivity contribution in [3.63, 3.8) is 0 Å². The summed E-state index contributed by atoms with van der Waals surface area (Å²) in [5, 5.41) is 10.6. The second kappa shape index (κ2) is 11.6. The molecule has 1 aromatic carbocycles. The zero-order valence-corrected chi connectivity index (χ0v) is 21.1. The van der Waals surface area contributed by atoms with Gasteiger partial charge in [-0.2, -0.15) is 5.10 Å². The van der Waals surface area contributed by atoms with Gasteiger partial charge in [0.2, 0.25) is 5.88 Å². The second-order valence-corrected chi connectivity index (χ2v) is 9.26. The topological polar surface area (TPSA) is 65.9 Å². The number of nitrogens with zero attached hydrogens (tertiary/aromatic N) is 5. The van der Waals surface area contributed by atoms with E-state index < -0.39 is 0 Å². The first kappa shape index (κ1) is 25.1. The lowest BCUT2D eigenvalue weighted by atomic mass is 10.2. The molecule has 33 heavy (non-hydrogen) atoms. The molecule has 1 N–H and O–H groups in total. The Hall–Kier alpha value is -2.49. The number of fused-ring (bicyclic) bond motifs is 1. The van der Waals surface area contributed by atoms with Crippen LogP contribution in [-0.4, -0.2) is 79.0 Å². The number of amides is 2. The third-order valence-electron chi connectivity index (χ3n) is 5.78. The molecule has 1 aliphatic rings. The van der Waals surface area contributed by atoms with Crippen molar-refractivity contribution in [2.24, 2.45) is 7.05 Å². The molecule has 0 spiro atoms. The van der Waals surface area contributed by atoms with E-state index in [-0.39, 0.29) is 18.4 Å². The van der Waals surface area contributed by atoms with Gasteiger partial charge in [-0.25, -0.2) is 9.48 Å². The molecule has 1 aliphatic heterocycles. The monoisotopic (exact) mass is 492 g/mol. The predicted octanol–water partition coefficient (Wildman–Crippen LogP) is 4.13. The third kappa shape index (κ3) is 6.31. The molecule has 2 amide bonds. The van der Waals surface area contributed by atoms with E-state index in [4.69, 9.17) is 4.74 Å². The van der Waals surface area contributed by atoms with Gasteiger partial charge in [-0.05, 0) is 43.0 Å². The van der Waals surface area contributed by atoms with Gasteiger partial charge in [-0.3, -0.25) is 10.2 Å². The van der Waals surface area contributed by atoms with Crippen LogP contribution in [-0.2, 0) is 7.05 Å². The number of thiophene rings is 1. The Bertz CT molecular complexity index is 1040. The van der Waals surface area contributed by atoms with Crippen molar-refractivity contribution < 1.29 is 9.53 Å². The van der Waals surface area contributed by atoms with Crippen LogP contribution in [0.5, 0.6) is 5.88 Å². The van der Waals surface area contributed by atoms with E-state index in [0.717, 1.165) is 45.6 Å². The highest BCUT2D eigenvalue weighted by molar-refractivity contribution is 7.17. The minimum atomic E-state index is -0.207. The summed E-state index contributed by atoms with van der Waals surface area (Å²) in [6.45, 7) is 6.07. The highest BCUT2D eigenvalue weighted by Crippen LogP contribution is 2.31.